The summed E-state index contributed by atoms with van der Waals surface area (Å²) in [5.74, 6) is -4.18. The number of aliphatic hydroxyl groups is 1. The molecule has 49 heavy (non-hydrogen) atoms. The molecule has 0 saturated carbocycles. The summed E-state index contributed by atoms with van der Waals surface area (Å²) in [5.41, 5.74) is -1.60. The normalized spacial score (nSPS) is 17.9. The van der Waals surface area contributed by atoms with E-state index in [0.29, 0.717) is 13.0 Å². The van der Waals surface area contributed by atoms with Crippen LogP contribution in [0.1, 0.15) is 65.4 Å². The van der Waals surface area contributed by atoms with Gasteiger partial charge in [-0.05, 0) is 67.1 Å². The molecule has 0 spiro atoms. The number of hydrogen-bond acceptors (Lipinski definition) is 11. The molecular weight excluding hydrogens is 630 g/mol. The Hall–Kier alpha value is -4.35. The quantitative estimate of drug-likeness (QED) is 0.0257. The Balaban J connectivity index is 1.56. The lowest BCUT2D eigenvalue weighted by molar-refractivity contribution is -0.165. The molecule has 3 aromatic carbocycles. The van der Waals surface area contributed by atoms with Crippen molar-refractivity contribution >= 4 is 51.6 Å². The van der Waals surface area contributed by atoms with Crippen LogP contribution in [0.25, 0.3) is 21.5 Å². The topological polar surface area (TPSA) is 150 Å². The number of oxime groups is 1. The highest BCUT2D eigenvalue weighted by Gasteiger charge is 2.48. The maximum absolute atomic E-state index is 13.7. The van der Waals surface area contributed by atoms with Gasteiger partial charge in [0.25, 0.3) is 0 Å². The first-order chi connectivity index (χ1) is 23.4. The van der Waals surface area contributed by atoms with Crippen LogP contribution in [0.5, 0.6) is 0 Å². The summed E-state index contributed by atoms with van der Waals surface area (Å²) in [6, 6.07) is 17.8. The van der Waals surface area contributed by atoms with Crippen molar-refractivity contribution in [2.45, 2.75) is 65.9 Å². The van der Waals surface area contributed by atoms with Crippen LogP contribution in [0.2, 0.25) is 0 Å². The van der Waals surface area contributed by atoms with Gasteiger partial charge in [-0.1, -0.05) is 67.5 Å². The zero-order valence-electron chi connectivity index (χ0n) is 28.9. The summed E-state index contributed by atoms with van der Waals surface area (Å²) in [6.45, 7) is 7.11. The molecule has 0 bridgehead atoms. The molecule has 1 aliphatic heterocycles. The van der Waals surface area contributed by atoms with Crippen LogP contribution in [-0.2, 0) is 43.0 Å². The lowest BCUT2D eigenvalue weighted by atomic mass is 9.67. The fourth-order valence-corrected chi connectivity index (χ4v) is 6.28. The second-order valence-electron chi connectivity index (χ2n) is 13.4. The number of benzene rings is 3. The smallest absolute Gasteiger partial charge is 0.337 e. The van der Waals surface area contributed by atoms with Crippen LogP contribution in [0.15, 0.2) is 59.8 Å². The van der Waals surface area contributed by atoms with Crippen molar-refractivity contribution in [1.29, 1.82) is 0 Å². The van der Waals surface area contributed by atoms with E-state index in [2.05, 4.69) is 11.2 Å². The summed E-state index contributed by atoms with van der Waals surface area (Å²) in [7, 11) is 1.29. The average molecular weight is 678 g/mol. The number of rotatable bonds is 18. The molecule has 4 rings (SSSR count). The molecule has 264 valence electrons. The molecule has 1 saturated heterocycles. The number of fused-ring (bicyclic) bond motifs is 2. The maximum Gasteiger partial charge on any atom is 0.337 e. The third-order valence-corrected chi connectivity index (χ3v) is 9.29. The molecule has 11 heteroatoms. The van der Waals surface area contributed by atoms with Crippen LogP contribution in [0.4, 0.5) is 0 Å². The van der Waals surface area contributed by atoms with Crippen LogP contribution in [0.3, 0.4) is 0 Å². The number of methoxy groups -OCH3 is 1. The second kappa shape index (κ2) is 16.8. The number of carbonyl (C=O) groups is 4. The van der Waals surface area contributed by atoms with E-state index in [9.17, 15) is 24.3 Å². The van der Waals surface area contributed by atoms with Gasteiger partial charge in [-0.2, -0.15) is 0 Å². The number of hydrogen-bond donors (Lipinski definition) is 1. The van der Waals surface area contributed by atoms with Gasteiger partial charge in [0.15, 0.2) is 0 Å². The largest absolute Gasteiger partial charge is 0.469 e. The second-order valence-corrected chi connectivity index (χ2v) is 13.4. The van der Waals surface area contributed by atoms with Gasteiger partial charge in [0.1, 0.15) is 12.7 Å². The molecule has 1 N–H and O–H groups in total. The molecule has 5 atom stereocenters. The molecule has 0 amide bonds. The summed E-state index contributed by atoms with van der Waals surface area (Å²) < 4.78 is 21.3. The Labute approximate surface area is 286 Å². The molecular formula is C38H47NO10. The summed E-state index contributed by atoms with van der Waals surface area (Å²) >= 11 is 0. The first-order valence-electron chi connectivity index (χ1n) is 16.7. The Morgan fingerprint density at radius 1 is 0.980 bits per heavy atom. The summed E-state index contributed by atoms with van der Waals surface area (Å²) in [4.78, 5) is 58.7. The van der Waals surface area contributed by atoms with E-state index in [1.165, 1.54) is 13.3 Å². The maximum atomic E-state index is 13.7. The number of ether oxygens (including phenoxy) is 4. The highest BCUT2D eigenvalue weighted by Crippen LogP contribution is 2.44. The van der Waals surface area contributed by atoms with Gasteiger partial charge in [-0.3, -0.25) is 14.4 Å². The molecule has 11 nitrogen and oxygen atoms in total. The minimum absolute atomic E-state index is 0.0239. The highest BCUT2D eigenvalue weighted by molar-refractivity contribution is 6.13. The van der Waals surface area contributed by atoms with Crippen LogP contribution < -0.4 is 0 Å². The molecule has 5 unspecified atom stereocenters. The fourth-order valence-electron chi connectivity index (χ4n) is 6.28. The lowest BCUT2D eigenvalue weighted by Crippen LogP contribution is -2.42. The lowest BCUT2D eigenvalue weighted by Gasteiger charge is -2.37. The standard InChI is InChI=1S/C38H47NO10/c1-6-37(3,35(43)45-5)24-38(4,36(44)48-23-29-22-47-29)20-28(34(42)46-17-11-16-40)18-25(2)33(41)49-39-21-32-30-14-9-7-12-26(30)19-27-13-8-10-15-31(27)32/h7-10,12-15,19,21,25,28-29,40H,6,11,16-18,20,22-24H2,1-5H3/b39-21+. The zero-order chi connectivity index (χ0) is 35.6. The van der Waals surface area contributed by atoms with Gasteiger partial charge in [0, 0.05) is 18.6 Å². The molecule has 0 aliphatic carbocycles. The van der Waals surface area contributed by atoms with E-state index in [1.54, 1.807) is 20.8 Å². The number of epoxide rings is 1. The van der Waals surface area contributed by atoms with Gasteiger partial charge in [0.05, 0.1) is 49.2 Å². The predicted octanol–water partition coefficient (Wildman–Crippen LogP) is 5.76. The SMILES string of the molecule is CCC(C)(CC(C)(CC(CC(C)C(=O)O/N=C/c1c2ccccc2cc2ccccc12)C(=O)OCCCO)C(=O)OCC1CO1)C(=O)OC. The third-order valence-electron chi connectivity index (χ3n) is 9.29. The van der Waals surface area contributed by atoms with Crippen molar-refractivity contribution in [2.75, 3.05) is 33.5 Å². The van der Waals surface area contributed by atoms with Crippen LogP contribution in [0, 0.1) is 22.7 Å². The molecule has 0 radical (unpaired) electrons. The Morgan fingerprint density at radius 3 is 2.18 bits per heavy atom. The first kappa shape index (κ1) is 37.5. The van der Waals surface area contributed by atoms with E-state index in [4.69, 9.17) is 23.8 Å². The van der Waals surface area contributed by atoms with E-state index in [-0.39, 0.29) is 51.6 Å². The van der Waals surface area contributed by atoms with Gasteiger partial charge < -0.3 is 28.9 Å². The van der Waals surface area contributed by atoms with Gasteiger partial charge >= 0.3 is 23.9 Å². The number of carbonyl (C=O) groups excluding carboxylic acids is 4. The van der Waals surface area contributed by atoms with E-state index >= 15 is 0 Å². The van der Waals surface area contributed by atoms with Crippen molar-refractivity contribution < 1.29 is 48.1 Å². The van der Waals surface area contributed by atoms with Crippen molar-refractivity contribution in [3.63, 3.8) is 0 Å². The molecule has 1 heterocycles. The average Bonchev–Trinajstić information content (AvgIpc) is 3.94. The monoisotopic (exact) mass is 677 g/mol. The van der Waals surface area contributed by atoms with Gasteiger partial charge in [-0.15, -0.1) is 0 Å². The third kappa shape index (κ3) is 9.64. The Morgan fingerprint density at radius 2 is 1.61 bits per heavy atom. The molecule has 0 aromatic heterocycles. The van der Waals surface area contributed by atoms with Crippen molar-refractivity contribution in [3.8, 4) is 0 Å². The van der Waals surface area contributed by atoms with Crippen molar-refractivity contribution in [3.05, 3.63) is 60.2 Å². The first-order valence-corrected chi connectivity index (χ1v) is 16.7. The van der Waals surface area contributed by atoms with Crippen molar-refractivity contribution in [2.24, 2.45) is 27.8 Å². The summed E-state index contributed by atoms with van der Waals surface area (Å²) in [6.07, 6.45) is 1.84. The fraction of sp³-hybridized carbons (Fsp3) is 0.500. The zero-order valence-corrected chi connectivity index (χ0v) is 28.9. The van der Waals surface area contributed by atoms with Gasteiger partial charge in [0.2, 0.25) is 0 Å². The van der Waals surface area contributed by atoms with Crippen molar-refractivity contribution in [1.82, 2.24) is 0 Å². The predicted molar refractivity (Wildman–Crippen MR) is 184 cm³/mol. The molecule has 3 aromatic rings. The van der Waals surface area contributed by atoms with Crippen LogP contribution in [-0.4, -0.2) is 74.8 Å². The van der Waals surface area contributed by atoms with Crippen LogP contribution >= 0.6 is 0 Å². The highest BCUT2D eigenvalue weighted by atomic mass is 16.7. The molecule has 1 fully saturated rings. The van der Waals surface area contributed by atoms with E-state index in [0.717, 1.165) is 27.1 Å². The Bertz CT molecular complexity index is 1610. The number of esters is 3. The number of aliphatic hydroxyl groups excluding tert-OH is 1. The molecule has 1 aliphatic rings. The Kier molecular flexibility index (Phi) is 12.9. The van der Waals surface area contributed by atoms with Gasteiger partial charge in [-0.25, -0.2) is 4.79 Å². The minimum atomic E-state index is -1.34. The van der Waals surface area contributed by atoms with E-state index in [1.807, 2.05) is 55.5 Å². The minimum Gasteiger partial charge on any atom is -0.469 e. The number of nitrogens with zero attached hydrogens (tertiary/aromatic N) is 1. The summed E-state index contributed by atoms with van der Waals surface area (Å²) in [5, 5.41) is 17.2. The van der Waals surface area contributed by atoms with E-state index < -0.39 is 46.5 Å².